The summed E-state index contributed by atoms with van der Waals surface area (Å²) in [5.41, 5.74) is 1.16. The van der Waals surface area contributed by atoms with Gasteiger partial charge >= 0.3 is 5.97 Å². The Hall–Kier alpha value is -2.32. The van der Waals surface area contributed by atoms with Crippen molar-refractivity contribution < 1.29 is 9.53 Å². The molecule has 0 aliphatic rings. The zero-order chi connectivity index (χ0) is 21.1. The molecular formula is C21H19Br2N3O3. The van der Waals surface area contributed by atoms with Crippen LogP contribution in [0.5, 0.6) is 5.75 Å². The molecule has 150 valence electrons. The van der Waals surface area contributed by atoms with Gasteiger partial charge in [-0.2, -0.15) is 9.78 Å². The molecule has 0 saturated carbocycles. The Morgan fingerprint density at radius 1 is 1.28 bits per heavy atom. The topological polar surface area (TPSA) is 73.6 Å². The first-order valence-electron chi connectivity index (χ1n) is 9.04. The molecule has 0 spiro atoms. The number of halogens is 2. The molecule has 8 heteroatoms. The van der Waals surface area contributed by atoms with E-state index in [4.69, 9.17) is 4.74 Å². The summed E-state index contributed by atoms with van der Waals surface area (Å²) in [4.78, 5) is 28.9. The number of esters is 1. The molecule has 0 amide bonds. The van der Waals surface area contributed by atoms with E-state index in [-0.39, 0.29) is 11.5 Å². The monoisotopic (exact) mass is 519 g/mol. The van der Waals surface area contributed by atoms with Crippen LogP contribution in [0.4, 0.5) is 0 Å². The quantitative estimate of drug-likeness (QED) is 0.262. The maximum atomic E-state index is 13.1. The Bertz CT molecular complexity index is 1170. The van der Waals surface area contributed by atoms with E-state index in [0.717, 1.165) is 16.5 Å². The smallest absolute Gasteiger partial charge is 0.308 e. The van der Waals surface area contributed by atoms with Gasteiger partial charge in [-0.15, -0.1) is 0 Å². The van der Waals surface area contributed by atoms with E-state index in [1.165, 1.54) is 11.6 Å². The molecule has 6 nitrogen and oxygen atoms in total. The minimum atomic E-state index is -0.398. The number of hydrogen-bond acceptors (Lipinski definition) is 5. The van der Waals surface area contributed by atoms with Crippen LogP contribution in [-0.4, -0.2) is 21.8 Å². The molecule has 0 N–H and O–H groups in total. The highest BCUT2D eigenvalue weighted by Crippen LogP contribution is 2.26. The van der Waals surface area contributed by atoms with Gasteiger partial charge in [-0.3, -0.25) is 9.59 Å². The van der Waals surface area contributed by atoms with E-state index in [2.05, 4.69) is 41.9 Å². The second-order valence-electron chi connectivity index (χ2n) is 6.59. The van der Waals surface area contributed by atoms with Crippen molar-refractivity contribution >= 4 is 54.9 Å². The summed E-state index contributed by atoms with van der Waals surface area (Å²) >= 11 is 6.78. The molecule has 0 aliphatic heterocycles. The summed E-state index contributed by atoms with van der Waals surface area (Å²) in [7, 11) is 0. The predicted molar refractivity (Wildman–Crippen MR) is 121 cm³/mol. The van der Waals surface area contributed by atoms with E-state index in [0.29, 0.717) is 26.9 Å². The van der Waals surface area contributed by atoms with Gasteiger partial charge in [0.15, 0.2) is 0 Å². The fourth-order valence-corrected chi connectivity index (χ4v) is 3.58. The van der Waals surface area contributed by atoms with Gasteiger partial charge in [0, 0.05) is 17.3 Å². The second-order valence-corrected chi connectivity index (χ2v) is 8.36. The van der Waals surface area contributed by atoms with Crippen LogP contribution in [0.25, 0.3) is 10.9 Å². The van der Waals surface area contributed by atoms with Gasteiger partial charge in [-0.05, 0) is 64.3 Å². The Balaban J connectivity index is 2.08. The number of aromatic nitrogens is 2. The summed E-state index contributed by atoms with van der Waals surface area (Å²) in [5, 5.41) is 4.92. The Morgan fingerprint density at radius 2 is 2.03 bits per heavy atom. The second kappa shape index (κ2) is 9.00. The van der Waals surface area contributed by atoms with E-state index in [1.807, 2.05) is 26.0 Å². The van der Waals surface area contributed by atoms with Crippen LogP contribution in [0, 0.1) is 0 Å². The summed E-state index contributed by atoms with van der Waals surface area (Å²) in [5.74, 6) is 0.694. The van der Waals surface area contributed by atoms with Gasteiger partial charge < -0.3 is 4.74 Å². The minimum absolute atomic E-state index is 0.0611. The predicted octanol–water partition coefficient (Wildman–Crippen LogP) is 5.24. The Morgan fingerprint density at radius 3 is 2.69 bits per heavy atom. The lowest BCUT2D eigenvalue weighted by Crippen LogP contribution is -2.23. The van der Waals surface area contributed by atoms with Crippen molar-refractivity contribution in [3.8, 4) is 5.75 Å². The molecule has 2 aromatic carbocycles. The number of carbonyl (C=O) groups is 1. The number of hydrogen-bond donors (Lipinski definition) is 0. The highest BCUT2D eigenvalue weighted by Gasteiger charge is 2.15. The number of carbonyl (C=O) groups excluding carboxylic acids is 1. The number of nitrogens with zero attached hydrogens (tertiary/aromatic N) is 3. The maximum absolute atomic E-state index is 13.1. The summed E-state index contributed by atoms with van der Waals surface area (Å²) in [6, 6.07) is 10.6. The molecule has 0 unspecified atom stereocenters. The van der Waals surface area contributed by atoms with Crippen molar-refractivity contribution in [1.82, 2.24) is 9.66 Å². The number of benzene rings is 2. The van der Waals surface area contributed by atoms with Gasteiger partial charge in [-0.1, -0.05) is 29.8 Å². The standard InChI is InChI=1S/C21H19Br2N3O3/c1-4-12(2)20-25-18-7-6-15(22)10-16(18)21(28)26(20)24-11-14-5-8-19(17(23)9-14)29-13(3)27/h5-12H,4H2,1-3H3/t12-/m1/s1. The summed E-state index contributed by atoms with van der Waals surface area (Å²) in [6.07, 6.45) is 2.41. The SMILES string of the molecule is CC[C@@H](C)c1nc2ccc(Br)cc2c(=O)n1N=Cc1ccc(OC(C)=O)c(Br)c1. The molecule has 0 bridgehead atoms. The molecule has 0 radical (unpaired) electrons. The fraction of sp³-hybridized carbons (Fsp3) is 0.238. The number of fused-ring (bicyclic) bond motifs is 1. The first-order chi connectivity index (χ1) is 13.8. The third-order valence-electron chi connectivity index (χ3n) is 4.42. The highest BCUT2D eigenvalue weighted by atomic mass is 79.9. The zero-order valence-electron chi connectivity index (χ0n) is 16.1. The van der Waals surface area contributed by atoms with Gasteiger partial charge in [0.2, 0.25) is 0 Å². The average Bonchev–Trinajstić information content (AvgIpc) is 2.68. The van der Waals surface area contributed by atoms with Crippen LogP contribution < -0.4 is 10.3 Å². The molecule has 1 heterocycles. The van der Waals surface area contributed by atoms with Gasteiger partial charge in [0.25, 0.3) is 5.56 Å². The molecule has 29 heavy (non-hydrogen) atoms. The van der Waals surface area contributed by atoms with Crippen molar-refractivity contribution in [3.05, 3.63) is 67.1 Å². The maximum Gasteiger partial charge on any atom is 0.308 e. The van der Waals surface area contributed by atoms with Crippen molar-refractivity contribution in [2.45, 2.75) is 33.1 Å². The van der Waals surface area contributed by atoms with Gasteiger partial charge in [-0.25, -0.2) is 4.98 Å². The fourth-order valence-electron chi connectivity index (χ4n) is 2.74. The highest BCUT2D eigenvalue weighted by molar-refractivity contribution is 9.10. The largest absolute Gasteiger partial charge is 0.426 e. The third-order valence-corrected chi connectivity index (χ3v) is 5.53. The van der Waals surface area contributed by atoms with E-state index in [9.17, 15) is 9.59 Å². The first kappa shape index (κ1) is 21.4. The normalized spacial score (nSPS) is 12.4. The molecule has 0 saturated heterocycles. The lowest BCUT2D eigenvalue weighted by Gasteiger charge is -2.14. The van der Waals surface area contributed by atoms with Crippen LogP contribution >= 0.6 is 31.9 Å². The molecule has 1 aromatic heterocycles. The molecular weight excluding hydrogens is 502 g/mol. The van der Waals surface area contributed by atoms with Gasteiger partial charge in [0.05, 0.1) is 21.6 Å². The van der Waals surface area contributed by atoms with Crippen molar-refractivity contribution in [1.29, 1.82) is 0 Å². The molecule has 0 aliphatic carbocycles. The lowest BCUT2D eigenvalue weighted by atomic mass is 10.1. The number of rotatable bonds is 5. The average molecular weight is 521 g/mol. The summed E-state index contributed by atoms with van der Waals surface area (Å²) in [6.45, 7) is 5.40. The molecule has 0 fully saturated rings. The van der Waals surface area contributed by atoms with Gasteiger partial charge in [0.1, 0.15) is 11.6 Å². The van der Waals surface area contributed by atoms with Crippen LogP contribution in [-0.2, 0) is 4.79 Å². The van der Waals surface area contributed by atoms with Crippen molar-refractivity contribution in [3.63, 3.8) is 0 Å². The van der Waals surface area contributed by atoms with Crippen LogP contribution in [0.15, 0.2) is 55.2 Å². The lowest BCUT2D eigenvalue weighted by molar-refractivity contribution is -0.131. The molecule has 3 rings (SSSR count). The Labute approximate surface area is 184 Å². The van der Waals surface area contributed by atoms with E-state index >= 15 is 0 Å². The molecule has 1 atom stereocenters. The van der Waals surface area contributed by atoms with Crippen molar-refractivity contribution in [2.24, 2.45) is 5.10 Å². The van der Waals surface area contributed by atoms with E-state index < -0.39 is 5.97 Å². The first-order valence-corrected chi connectivity index (χ1v) is 10.6. The van der Waals surface area contributed by atoms with E-state index in [1.54, 1.807) is 30.5 Å². The number of ether oxygens (including phenoxy) is 1. The minimum Gasteiger partial charge on any atom is -0.426 e. The van der Waals surface area contributed by atoms with Crippen LogP contribution in [0.1, 0.15) is 44.5 Å². The van der Waals surface area contributed by atoms with Crippen molar-refractivity contribution in [2.75, 3.05) is 0 Å². The van der Waals surface area contributed by atoms with Crippen LogP contribution in [0.2, 0.25) is 0 Å². The Kier molecular flexibility index (Phi) is 6.64. The summed E-state index contributed by atoms with van der Waals surface area (Å²) < 4.78 is 7.89. The molecule has 3 aromatic rings. The van der Waals surface area contributed by atoms with Crippen LogP contribution in [0.3, 0.4) is 0 Å². The zero-order valence-corrected chi connectivity index (χ0v) is 19.3. The third kappa shape index (κ3) is 4.82.